The number of nitrogens with zero attached hydrogens (tertiary/aromatic N) is 5. The number of aromatic hydroxyl groups is 3. The van der Waals surface area contributed by atoms with Crippen LogP contribution in [0.25, 0.3) is 32.9 Å². The Bertz CT molecular complexity index is 1950. The SMILES string of the molecule is Cc1ccc2c(C#N)ccc(O)c2n1.Cc1ccc2c(C#N)ccc(O)c2n1.N#Cc1ccc(-c2ccc(O)cc2)cc1. The minimum Gasteiger partial charge on any atom is -0.508 e. The number of hydrogen-bond donors (Lipinski definition) is 3. The number of aryl methyl sites for hydroxylation is 2. The fourth-order valence-electron chi connectivity index (χ4n) is 4.19. The minimum absolute atomic E-state index is 0.114. The summed E-state index contributed by atoms with van der Waals surface area (Å²) < 4.78 is 0. The van der Waals surface area contributed by atoms with E-state index in [0.717, 1.165) is 22.5 Å². The Morgan fingerprint density at radius 1 is 0.488 bits per heavy atom. The van der Waals surface area contributed by atoms with Crippen LogP contribution in [-0.2, 0) is 0 Å². The molecule has 0 unspecified atom stereocenters. The molecule has 43 heavy (non-hydrogen) atoms. The van der Waals surface area contributed by atoms with Gasteiger partial charge in [-0.25, -0.2) is 9.97 Å². The molecule has 4 aromatic carbocycles. The molecule has 0 bridgehead atoms. The number of rotatable bonds is 1. The van der Waals surface area contributed by atoms with Gasteiger partial charge in [-0.05, 0) is 97.8 Å². The van der Waals surface area contributed by atoms with Gasteiger partial charge in [0.25, 0.3) is 0 Å². The van der Waals surface area contributed by atoms with Crippen molar-refractivity contribution < 1.29 is 15.3 Å². The van der Waals surface area contributed by atoms with Gasteiger partial charge >= 0.3 is 0 Å². The van der Waals surface area contributed by atoms with Gasteiger partial charge in [-0.15, -0.1) is 0 Å². The zero-order valence-corrected chi connectivity index (χ0v) is 23.3. The van der Waals surface area contributed by atoms with Gasteiger partial charge in [0, 0.05) is 22.2 Å². The first-order valence-corrected chi connectivity index (χ1v) is 13.0. The van der Waals surface area contributed by atoms with Crippen molar-refractivity contribution in [2.45, 2.75) is 13.8 Å². The van der Waals surface area contributed by atoms with Crippen molar-refractivity contribution >= 4 is 21.8 Å². The number of phenolic OH excluding ortho intramolecular Hbond substituents is 3. The van der Waals surface area contributed by atoms with E-state index >= 15 is 0 Å². The Hall–Kier alpha value is -6.43. The van der Waals surface area contributed by atoms with Crippen molar-refractivity contribution in [3.8, 4) is 46.6 Å². The largest absolute Gasteiger partial charge is 0.508 e. The Balaban J connectivity index is 0.000000148. The molecule has 0 atom stereocenters. The van der Waals surface area contributed by atoms with Crippen molar-refractivity contribution in [1.29, 1.82) is 15.8 Å². The maximum atomic E-state index is 9.54. The monoisotopic (exact) mass is 563 g/mol. The van der Waals surface area contributed by atoms with Crippen LogP contribution in [0.1, 0.15) is 28.1 Å². The summed E-state index contributed by atoms with van der Waals surface area (Å²) in [5.41, 5.74) is 6.40. The van der Waals surface area contributed by atoms with Crippen LogP contribution < -0.4 is 0 Å². The van der Waals surface area contributed by atoms with Crippen molar-refractivity contribution in [1.82, 2.24) is 9.97 Å². The molecular weight excluding hydrogens is 538 g/mol. The van der Waals surface area contributed by atoms with Gasteiger partial charge in [0.2, 0.25) is 0 Å². The van der Waals surface area contributed by atoms with Gasteiger partial charge in [-0.3, -0.25) is 0 Å². The third-order valence-corrected chi connectivity index (χ3v) is 6.41. The van der Waals surface area contributed by atoms with E-state index in [9.17, 15) is 10.2 Å². The summed E-state index contributed by atoms with van der Waals surface area (Å²) in [5.74, 6) is 0.484. The average Bonchev–Trinajstić information content (AvgIpc) is 3.03. The van der Waals surface area contributed by atoms with Gasteiger partial charge in [0.1, 0.15) is 28.3 Å². The molecule has 8 nitrogen and oxygen atoms in total. The van der Waals surface area contributed by atoms with Crippen molar-refractivity contribution in [2.24, 2.45) is 0 Å². The highest BCUT2D eigenvalue weighted by molar-refractivity contribution is 5.90. The first kappa shape index (κ1) is 29.6. The highest BCUT2D eigenvalue weighted by atomic mass is 16.3. The molecule has 208 valence electrons. The van der Waals surface area contributed by atoms with Gasteiger partial charge in [-0.1, -0.05) is 24.3 Å². The average molecular weight is 564 g/mol. The summed E-state index contributed by atoms with van der Waals surface area (Å²) in [6, 6.07) is 34.0. The summed E-state index contributed by atoms with van der Waals surface area (Å²) in [7, 11) is 0. The molecule has 0 saturated heterocycles. The lowest BCUT2D eigenvalue weighted by Gasteiger charge is -2.02. The molecular formula is C35H25N5O3. The third-order valence-electron chi connectivity index (χ3n) is 6.41. The Kier molecular flexibility index (Phi) is 9.13. The third kappa shape index (κ3) is 7.02. The van der Waals surface area contributed by atoms with Crippen molar-refractivity contribution in [2.75, 3.05) is 0 Å². The van der Waals surface area contributed by atoms with Crippen molar-refractivity contribution in [3.63, 3.8) is 0 Å². The summed E-state index contributed by atoms with van der Waals surface area (Å²) in [6.07, 6.45) is 0. The lowest BCUT2D eigenvalue weighted by molar-refractivity contribution is 0.475. The minimum atomic E-state index is 0.114. The number of phenols is 3. The lowest BCUT2D eigenvalue weighted by Crippen LogP contribution is -1.86. The molecule has 0 saturated carbocycles. The predicted molar refractivity (Wildman–Crippen MR) is 164 cm³/mol. The van der Waals surface area contributed by atoms with Gasteiger partial charge in [0.15, 0.2) is 0 Å². The van der Waals surface area contributed by atoms with E-state index in [1.54, 1.807) is 48.5 Å². The van der Waals surface area contributed by atoms with Crippen LogP contribution in [0.5, 0.6) is 17.2 Å². The van der Waals surface area contributed by atoms with Crippen molar-refractivity contribution in [3.05, 3.63) is 125 Å². The molecule has 2 heterocycles. The highest BCUT2D eigenvalue weighted by Crippen LogP contribution is 2.27. The van der Waals surface area contributed by atoms with Crippen LogP contribution in [0.2, 0.25) is 0 Å². The Morgan fingerprint density at radius 2 is 0.907 bits per heavy atom. The van der Waals surface area contributed by atoms with E-state index in [2.05, 4.69) is 28.2 Å². The number of benzene rings is 4. The first-order chi connectivity index (χ1) is 20.7. The molecule has 0 aliphatic rings. The van der Waals surface area contributed by atoms with E-state index in [4.69, 9.17) is 20.9 Å². The summed E-state index contributed by atoms with van der Waals surface area (Å²) in [5, 5.41) is 55.9. The first-order valence-electron chi connectivity index (χ1n) is 13.0. The molecule has 0 aliphatic heterocycles. The second kappa shape index (κ2) is 13.3. The van der Waals surface area contributed by atoms with Crippen LogP contribution in [-0.4, -0.2) is 25.3 Å². The Morgan fingerprint density at radius 3 is 1.30 bits per heavy atom. The fraction of sp³-hybridized carbons (Fsp3) is 0.0571. The molecule has 8 heteroatoms. The molecule has 2 aromatic heterocycles. The van der Waals surface area contributed by atoms with Crippen LogP contribution in [0, 0.1) is 47.8 Å². The molecule has 0 radical (unpaired) electrons. The topological polar surface area (TPSA) is 158 Å². The van der Waals surface area contributed by atoms with Crippen LogP contribution >= 0.6 is 0 Å². The van der Waals surface area contributed by atoms with E-state index in [1.165, 1.54) is 12.1 Å². The summed E-state index contributed by atoms with van der Waals surface area (Å²) in [4.78, 5) is 8.37. The van der Waals surface area contributed by atoms with Crippen LogP contribution in [0.3, 0.4) is 0 Å². The zero-order valence-electron chi connectivity index (χ0n) is 23.3. The predicted octanol–water partition coefficient (Wildman–Crippen LogP) is 7.17. The fourth-order valence-corrected chi connectivity index (χ4v) is 4.19. The number of pyridine rings is 2. The van der Waals surface area contributed by atoms with Crippen LogP contribution in [0.4, 0.5) is 0 Å². The maximum absolute atomic E-state index is 9.54. The van der Waals surface area contributed by atoms with E-state index in [-0.39, 0.29) is 17.2 Å². The van der Waals surface area contributed by atoms with Gasteiger partial charge in [0.05, 0.1) is 34.9 Å². The lowest BCUT2D eigenvalue weighted by atomic mass is 10.0. The molecule has 3 N–H and O–H groups in total. The zero-order chi connectivity index (χ0) is 30.9. The van der Waals surface area contributed by atoms with Gasteiger partial charge in [-0.2, -0.15) is 15.8 Å². The smallest absolute Gasteiger partial charge is 0.141 e. The number of fused-ring (bicyclic) bond motifs is 2. The summed E-state index contributed by atoms with van der Waals surface area (Å²) in [6.45, 7) is 3.69. The standard InChI is InChI=1S/C13H9NO.2C11H8N2O/c14-9-10-1-3-11(4-2-10)12-5-7-13(15)8-6-12;2*1-7-2-4-9-8(6-12)3-5-10(14)11(9)13-7/h1-8,15H;2*2-5,14H,1H3. The van der Waals surface area contributed by atoms with E-state index in [0.29, 0.717) is 38.5 Å². The molecule has 0 amide bonds. The second-order valence-electron chi connectivity index (χ2n) is 9.42. The normalized spacial score (nSPS) is 9.84. The number of aromatic nitrogens is 2. The van der Waals surface area contributed by atoms with Crippen LogP contribution in [0.15, 0.2) is 97.1 Å². The summed E-state index contributed by atoms with van der Waals surface area (Å²) >= 11 is 0. The number of nitriles is 3. The van der Waals surface area contributed by atoms with E-state index < -0.39 is 0 Å². The highest BCUT2D eigenvalue weighted by Gasteiger charge is 2.07. The maximum Gasteiger partial charge on any atom is 0.141 e. The molecule has 6 aromatic rings. The van der Waals surface area contributed by atoms with E-state index in [1.807, 2.05) is 50.2 Å². The molecule has 6 rings (SSSR count). The molecule has 0 aliphatic carbocycles. The Labute approximate surface area is 248 Å². The molecule has 0 fully saturated rings. The quantitative estimate of drug-likeness (QED) is 0.190. The second-order valence-corrected chi connectivity index (χ2v) is 9.42. The number of hydrogen-bond acceptors (Lipinski definition) is 8. The molecule has 0 spiro atoms. The van der Waals surface area contributed by atoms with Gasteiger partial charge < -0.3 is 15.3 Å².